The zero-order chi connectivity index (χ0) is 16.3. The number of methoxy groups -OCH3 is 1. The first-order valence-electron chi connectivity index (χ1n) is 6.95. The lowest BCUT2D eigenvalue weighted by atomic mass is 10.1. The molecule has 1 unspecified atom stereocenters. The van der Waals surface area contributed by atoms with Gasteiger partial charge in [-0.05, 0) is 38.1 Å². The fourth-order valence-electron chi connectivity index (χ4n) is 2.52. The lowest BCUT2D eigenvalue weighted by Crippen LogP contribution is -2.47. The maximum Gasteiger partial charge on any atom is 0.339 e. The molecule has 1 heterocycles. The summed E-state index contributed by atoms with van der Waals surface area (Å²) in [4.78, 5) is 11.7. The molecule has 1 aromatic carbocycles. The predicted molar refractivity (Wildman–Crippen MR) is 83.6 cm³/mol. The van der Waals surface area contributed by atoms with Crippen LogP contribution in [0.4, 0.5) is 0 Å². The van der Waals surface area contributed by atoms with Crippen molar-refractivity contribution in [2.75, 3.05) is 27.2 Å². The number of nitrogens with zero attached hydrogens (tertiary/aromatic N) is 1. The summed E-state index contributed by atoms with van der Waals surface area (Å²) in [6.07, 6.45) is 1.68. The Morgan fingerprint density at radius 1 is 1.45 bits per heavy atom. The van der Waals surface area contributed by atoms with E-state index in [2.05, 4.69) is 10.1 Å². The van der Waals surface area contributed by atoms with E-state index in [-0.39, 0.29) is 21.5 Å². The van der Waals surface area contributed by atoms with Gasteiger partial charge in [0.25, 0.3) is 0 Å². The Kier molecular flexibility index (Phi) is 5.44. The third-order valence-electron chi connectivity index (χ3n) is 3.76. The van der Waals surface area contributed by atoms with Gasteiger partial charge in [-0.1, -0.05) is 11.6 Å². The molecular formula is C14H19ClN2O4S. The van der Waals surface area contributed by atoms with Gasteiger partial charge in [-0.2, -0.15) is 4.31 Å². The normalized spacial score (nSPS) is 19.9. The van der Waals surface area contributed by atoms with Crippen LogP contribution in [0.3, 0.4) is 0 Å². The molecule has 1 N–H and O–H groups in total. The fraction of sp³-hybridized carbons (Fsp3) is 0.500. The maximum absolute atomic E-state index is 12.9. The van der Waals surface area contributed by atoms with Gasteiger partial charge in [0, 0.05) is 24.2 Å². The number of nitrogens with one attached hydrogen (secondary N) is 1. The number of sulfonamides is 1. The molecule has 1 atom stereocenters. The van der Waals surface area contributed by atoms with Crippen molar-refractivity contribution in [3.8, 4) is 0 Å². The van der Waals surface area contributed by atoms with E-state index >= 15 is 0 Å². The number of carbonyl (C=O) groups excluding carboxylic acids is 1. The molecule has 6 nitrogen and oxygen atoms in total. The van der Waals surface area contributed by atoms with Crippen molar-refractivity contribution in [3.63, 3.8) is 0 Å². The maximum atomic E-state index is 12.9. The van der Waals surface area contributed by atoms with Gasteiger partial charge in [0.1, 0.15) is 0 Å². The highest BCUT2D eigenvalue weighted by Gasteiger charge is 2.33. The molecule has 22 heavy (non-hydrogen) atoms. The predicted octanol–water partition coefficient (Wildman–Crippen LogP) is 1.50. The molecule has 0 aromatic heterocycles. The number of rotatable bonds is 4. The van der Waals surface area contributed by atoms with Gasteiger partial charge in [0.2, 0.25) is 10.0 Å². The van der Waals surface area contributed by atoms with Crippen molar-refractivity contribution in [2.45, 2.75) is 23.8 Å². The molecule has 1 saturated heterocycles. The highest BCUT2D eigenvalue weighted by Crippen LogP contribution is 2.27. The molecule has 1 aromatic rings. The second kappa shape index (κ2) is 6.95. The Bertz CT molecular complexity index is 663. The number of hydrogen-bond donors (Lipinski definition) is 1. The minimum Gasteiger partial charge on any atom is -0.465 e. The van der Waals surface area contributed by atoms with Crippen LogP contribution in [0.15, 0.2) is 23.1 Å². The minimum atomic E-state index is -3.81. The van der Waals surface area contributed by atoms with Gasteiger partial charge >= 0.3 is 5.97 Å². The van der Waals surface area contributed by atoms with E-state index in [9.17, 15) is 13.2 Å². The quantitative estimate of drug-likeness (QED) is 0.836. The third-order valence-corrected chi connectivity index (χ3v) is 5.90. The highest BCUT2D eigenvalue weighted by molar-refractivity contribution is 7.89. The Morgan fingerprint density at radius 3 is 2.82 bits per heavy atom. The van der Waals surface area contributed by atoms with E-state index in [1.165, 1.54) is 29.6 Å². The zero-order valence-electron chi connectivity index (χ0n) is 12.5. The summed E-state index contributed by atoms with van der Waals surface area (Å²) in [6, 6.07) is 4.25. The van der Waals surface area contributed by atoms with E-state index in [0.29, 0.717) is 13.1 Å². The second-order valence-corrected chi connectivity index (χ2v) is 7.47. The number of esters is 1. The number of likely N-dealkylation sites (N-methyl/N-ethyl adjacent to an activating group) is 1. The summed E-state index contributed by atoms with van der Waals surface area (Å²) in [7, 11) is -0.786. The van der Waals surface area contributed by atoms with Gasteiger partial charge in [-0.3, -0.25) is 0 Å². The first-order valence-corrected chi connectivity index (χ1v) is 8.77. The molecule has 122 valence electrons. The van der Waals surface area contributed by atoms with E-state index < -0.39 is 16.0 Å². The Hall–Kier alpha value is -1.15. The van der Waals surface area contributed by atoms with Crippen molar-refractivity contribution in [1.29, 1.82) is 0 Å². The zero-order valence-corrected chi connectivity index (χ0v) is 14.1. The summed E-state index contributed by atoms with van der Waals surface area (Å²) >= 11 is 5.92. The Morgan fingerprint density at radius 2 is 2.18 bits per heavy atom. The van der Waals surface area contributed by atoms with Crippen LogP contribution >= 0.6 is 11.6 Å². The monoisotopic (exact) mass is 346 g/mol. The van der Waals surface area contributed by atoms with Crippen LogP contribution in [0.2, 0.25) is 5.02 Å². The Balaban J connectivity index is 2.44. The summed E-state index contributed by atoms with van der Waals surface area (Å²) in [5, 5.41) is 3.35. The lowest BCUT2D eigenvalue weighted by molar-refractivity contribution is 0.0596. The van der Waals surface area contributed by atoms with E-state index in [1.807, 2.05) is 0 Å². The molecule has 0 radical (unpaired) electrons. The number of benzene rings is 1. The van der Waals surface area contributed by atoms with Gasteiger partial charge in [-0.25, -0.2) is 13.2 Å². The molecule has 1 aliphatic heterocycles. The van der Waals surface area contributed by atoms with Gasteiger partial charge < -0.3 is 10.1 Å². The molecule has 0 spiro atoms. The van der Waals surface area contributed by atoms with Crippen LogP contribution < -0.4 is 5.32 Å². The average Bonchev–Trinajstić information content (AvgIpc) is 2.54. The molecular weight excluding hydrogens is 328 g/mol. The highest BCUT2D eigenvalue weighted by atomic mass is 35.5. The number of carbonyl (C=O) groups is 1. The Labute approximate surface area is 135 Å². The smallest absolute Gasteiger partial charge is 0.339 e. The lowest BCUT2D eigenvalue weighted by Gasteiger charge is -2.32. The second-order valence-electron chi connectivity index (χ2n) is 5.12. The molecule has 1 aliphatic rings. The van der Waals surface area contributed by atoms with E-state index in [0.717, 1.165) is 12.8 Å². The first-order chi connectivity index (χ1) is 10.4. The van der Waals surface area contributed by atoms with Crippen molar-refractivity contribution in [3.05, 3.63) is 28.8 Å². The number of piperidine rings is 1. The summed E-state index contributed by atoms with van der Waals surface area (Å²) in [5.41, 5.74) is -0.00141. The van der Waals surface area contributed by atoms with Crippen molar-refractivity contribution >= 4 is 27.6 Å². The van der Waals surface area contributed by atoms with Crippen LogP contribution in [0.1, 0.15) is 23.2 Å². The fourth-order valence-corrected chi connectivity index (χ4v) is 4.49. The molecule has 2 rings (SSSR count). The van der Waals surface area contributed by atoms with E-state index in [1.54, 1.807) is 7.05 Å². The van der Waals surface area contributed by atoms with Crippen molar-refractivity contribution < 1.29 is 17.9 Å². The SMILES string of the molecule is CNC1CCCN(S(=O)(=O)c2cc(Cl)ccc2C(=O)OC)C1. The van der Waals surface area contributed by atoms with Crippen molar-refractivity contribution in [2.24, 2.45) is 0 Å². The minimum absolute atomic E-state index is 0.00141. The van der Waals surface area contributed by atoms with Gasteiger partial charge in [0.05, 0.1) is 17.6 Å². The van der Waals surface area contributed by atoms with E-state index in [4.69, 9.17) is 11.6 Å². The topological polar surface area (TPSA) is 75.7 Å². The van der Waals surface area contributed by atoms with Crippen LogP contribution in [0.25, 0.3) is 0 Å². The summed E-state index contributed by atoms with van der Waals surface area (Å²) < 4.78 is 31.8. The van der Waals surface area contributed by atoms with Crippen LogP contribution in [-0.4, -0.2) is 52.0 Å². The molecule has 0 amide bonds. The standard InChI is InChI=1S/C14H19ClN2O4S/c1-16-11-4-3-7-17(9-11)22(19,20)13-8-10(15)5-6-12(13)14(18)21-2/h5-6,8,11,16H,3-4,7,9H2,1-2H3. The summed E-state index contributed by atoms with van der Waals surface area (Å²) in [6.45, 7) is 0.791. The molecule has 1 fully saturated rings. The molecule has 0 aliphatic carbocycles. The van der Waals surface area contributed by atoms with Crippen LogP contribution in [-0.2, 0) is 14.8 Å². The third kappa shape index (κ3) is 3.43. The average molecular weight is 347 g/mol. The van der Waals surface area contributed by atoms with Crippen LogP contribution in [0.5, 0.6) is 0 Å². The molecule has 0 saturated carbocycles. The van der Waals surface area contributed by atoms with Crippen LogP contribution in [0, 0.1) is 0 Å². The number of ether oxygens (including phenoxy) is 1. The first kappa shape index (κ1) is 17.2. The number of halogens is 1. The van der Waals surface area contributed by atoms with Gasteiger partial charge in [0.15, 0.2) is 0 Å². The van der Waals surface area contributed by atoms with Crippen molar-refractivity contribution in [1.82, 2.24) is 9.62 Å². The molecule has 0 bridgehead atoms. The summed E-state index contributed by atoms with van der Waals surface area (Å²) in [5.74, 6) is -0.697. The molecule has 8 heteroatoms. The largest absolute Gasteiger partial charge is 0.465 e. The van der Waals surface area contributed by atoms with Gasteiger partial charge in [-0.15, -0.1) is 0 Å². The number of hydrogen-bond acceptors (Lipinski definition) is 5.